The van der Waals surface area contributed by atoms with Gasteiger partial charge in [-0.15, -0.1) is 0 Å². The maximum Gasteiger partial charge on any atom is 0.125 e. The normalized spacial score (nSPS) is 17.6. The number of piperazine rings is 1. The molecule has 1 aliphatic heterocycles. The van der Waals surface area contributed by atoms with Crippen LogP contribution in [0.3, 0.4) is 0 Å². The molecule has 0 spiro atoms. The lowest BCUT2D eigenvalue weighted by molar-refractivity contribution is 0.120. The number of rotatable bonds is 6. The Hall–Kier alpha value is -1.17. The van der Waals surface area contributed by atoms with Gasteiger partial charge in [-0.25, -0.2) is 4.98 Å². The molecule has 1 N–H and O–H groups in total. The maximum atomic E-state index is 4.37. The first-order valence-corrected chi connectivity index (χ1v) is 7.39. The molecule has 1 aromatic rings. The molecular weight excluding hydrogens is 250 g/mol. The van der Waals surface area contributed by atoms with Crippen molar-refractivity contribution in [2.45, 2.75) is 6.54 Å². The minimum Gasteiger partial charge on any atom is -0.373 e. The van der Waals surface area contributed by atoms with E-state index in [4.69, 9.17) is 0 Å². The molecule has 0 amide bonds. The van der Waals surface area contributed by atoms with E-state index in [9.17, 15) is 0 Å². The molecule has 0 bridgehead atoms. The third-order valence-electron chi connectivity index (χ3n) is 3.82. The van der Waals surface area contributed by atoms with E-state index in [2.05, 4.69) is 45.2 Å². The van der Waals surface area contributed by atoms with Crippen molar-refractivity contribution in [3.63, 3.8) is 0 Å². The Morgan fingerprint density at radius 3 is 2.40 bits per heavy atom. The molecule has 5 heteroatoms. The summed E-state index contributed by atoms with van der Waals surface area (Å²) in [5.41, 5.74) is 1.30. The van der Waals surface area contributed by atoms with Gasteiger partial charge in [-0.2, -0.15) is 0 Å². The van der Waals surface area contributed by atoms with Gasteiger partial charge in [0.25, 0.3) is 0 Å². The highest BCUT2D eigenvalue weighted by molar-refractivity contribution is 5.34. The van der Waals surface area contributed by atoms with E-state index in [0.717, 1.165) is 32.0 Å². The van der Waals surface area contributed by atoms with Crippen LogP contribution in [-0.4, -0.2) is 80.1 Å². The third-order valence-corrected chi connectivity index (χ3v) is 3.82. The highest BCUT2D eigenvalue weighted by Crippen LogP contribution is 2.09. The van der Waals surface area contributed by atoms with Gasteiger partial charge in [0, 0.05) is 59.1 Å². The van der Waals surface area contributed by atoms with Crippen molar-refractivity contribution in [1.82, 2.24) is 19.7 Å². The Kier molecular flexibility index (Phi) is 5.76. The molecule has 0 saturated carbocycles. The van der Waals surface area contributed by atoms with E-state index in [1.807, 2.05) is 19.3 Å². The zero-order chi connectivity index (χ0) is 14.4. The molecular formula is C15H27N5. The Morgan fingerprint density at radius 2 is 1.85 bits per heavy atom. The van der Waals surface area contributed by atoms with Crippen molar-refractivity contribution in [3.05, 3.63) is 23.9 Å². The second-order valence-electron chi connectivity index (χ2n) is 5.72. The van der Waals surface area contributed by atoms with Gasteiger partial charge in [0.05, 0.1) is 0 Å². The van der Waals surface area contributed by atoms with Crippen LogP contribution in [0.1, 0.15) is 5.56 Å². The zero-order valence-corrected chi connectivity index (χ0v) is 13.0. The lowest BCUT2D eigenvalue weighted by Crippen LogP contribution is -2.47. The molecule has 0 aliphatic carbocycles. The summed E-state index contributed by atoms with van der Waals surface area (Å²) in [5, 5.41) is 3.05. The smallest absolute Gasteiger partial charge is 0.125 e. The molecule has 2 rings (SSSR count). The number of hydrogen-bond acceptors (Lipinski definition) is 5. The predicted molar refractivity (Wildman–Crippen MR) is 84.1 cm³/mol. The minimum atomic E-state index is 0.933. The van der Waals surface area contributed by atoms with Crippen LogP contribution < -0.4 is 5.32 Å². The fourth-order valence-corrected chi connectivity index (χ4v) is 2.44. The standard InChI is InChI=1S/C15H27N5/c1-16-15-5-4-14(12-17-15)13-20-10-8-19(9-11-20)7-6-18(2)3/h4-5,12H,6-11,13H2,1-3H3,(H,16,17). The van der Waals surface area contributed by atoms with Crippen LogP contribution >= 0.6 is 0 Å². The Labute approximate surface area is 122 Å². The van der Waals surface area contributed by atoms with Gasteiger partial charge in [0.2, 0.25) is 0 Å². The van der Waals surface area contributed by atoms with E-state index in [0.29, 0.717) is 0 Å². The number of anilines is 1. The van der Waals surface area contributed by atoms with Gasteiger partial charge in [0.15, 0.2) is 0 Å². The minimum absolute atomic E-state index is 0.933. The summed E-state index contributed by atoms with van der Waals surface area (Å²) in [7, 11) is 6.17. The summed E-state index contributed by atoms with van der Waals surface area (Å²) >= 11 is 0. The van der Waals surface area contributed by atoms with E-state index < -0.39 is 0 Å². The fourth-order valence-electron chi connectivity index (χ4n) is 2.44. The molecule has 1 saturated heterocycles. The van der Waals surface area contributed by atoms with Crippen LogP contribution in [0.25, 0.3) is 0 Å². The van der Waals surface area contributed by atoms with Crippen molar-refractivity contribution in [2.24, 2.45) is 0 Å². The summed E-state index contributed by atoms with van der Waals surface area (Å²) < 4.78 is 0. The first kappa shape index (κ1) is 15.2. The van der Waals surface area contributed by atoms with Crippen LogP contribution in [0.4, 0.5) is 5.82 Å². The van der Waals surface area contributed by atoms with E-state index in [1.165, 1.54) is 25.2 Å². The largest absolute Gasteiger partial charge is 0.373 e. The van der Waals surface area contributed by atoms with Crippen molar-refractivity contribution < 1.29 is 0 Å². The average Bonchev–Trinajstić information content (AvgIpc) is 2.47. The Balaban J connectivity index is 1.73. The topological polar surface area (TPSA) is 34.6 Å². The molecule has 1 fully saturated rings. The zero-order valence-electron chi connectivity index (χ0n) is 13.0. The maximum absolute atomic E-state index is 4.37. The number of nitrogens with one attached hydrogen (secondary N) is 1. The highest BCUT2D eigenvalue weighted by atomic mass is 15.3. The third kappa shape index (κ3) is 4.74. The van der Waals surface area contributed by atoms with Crippen molar-refractivity contribution in [1.29, 1.82) is 0 Å². The van der Waals surface area contributed by atoms with Crippen LogP contribution in [0.15, 0.2) is 18.3 Å². The highest BCUT2D eigenvalue weighted by Gasteiger charge is 2.16. The van der Waals surface area contributed by atoms with Gasteiger partial charge < -0.3 is 10.2 Å². The summed E-state index contributed by atoms with van der Waals surface area (Å²) in [6, 6.07) is 4.21. The van der Waals surface area contributed by atoms with Crippen LogP contribution in [0.2, 0.25) is 0 Å². The molecule has 1 aromatic heterocycles. The van der Waals surface area contributed by atoms with E-state index >= 15 is 0 Å². The SMILES string of the molecule is CNc1ccc(CN2CCN(CCN(C)C)CC2)cn1. The predicted octanol–water partition coefficient (Wildman–Crippen LogP) is 0.803. The molecule has 112 valence electrons. The molecule has 1 aliphatic rings. The van der Waals surface area contributed by atoms with E-state index in [1.54, 1.807) is 0 Å². The lowest BCUT2D eigenvalue weighted by atomic mass is 10.2. The second-order valence-corrected chi connectivity index (χ2v) is 5.72. The monoisotopic (exact) mass is 277 g/mol. The molecule has 20 heavy (non-hydrogen) atoms. The average molecular weight is 277 g/mol. The molecule has 5 nitrogen and oxygen atoms in total. The fraction of sp³-hybridized carbons (Fsp3) is 0.667. The summed E-state index contributed by atoms with van der Waals surface area (Å²) in [5.74, 6) is 0.933. The quantitative estimate of drug-likeness (QED) is 0.832. The first-order valence-electron chi connectivity index (χ1n) is 7.39. The van der Waals surface area contributed by atoms with Crippen LogP contribution in [-0.2, 0) is 6.54 Å². The number of likely N-dealkylation sites (N-methyl/N-ethyl adjacent to an activating group) is 1. The number of pyridine rings is 1. The number of aromatic nitrogens is 1. The summed E-state index contributed by atoms with van der Waals surface area (Å²) in [6.45, 7) is 8.00. The first-order chi connectivity index (χ1) is 9.67. The summed E-state index contributed by atoms with van der Waals surface area (Å²) in [6.07, 6.45) is 1.98. The van der Waals surface area contributed by atoms with Gasteiger partial charge in [0.1, 0.15) is 5.82 Å². The molecule has 0 unspecified atom stereocenters. The van der Waals surface area contributed by atoms with Gasteiger partial charge in [-0.05, 0) is 25.7 Å². The second kappa shape index (κ2) is 7.57. The Morgan fingerprint density at radius 1 is 1.15 bits per heavy atom. The van der Waals surface area contributed by atoms with Gasteiger partial charge in [-0.3, -0.25) is 9.80 Å². The number of nitrogens with zero attached hydrogens (tertiary/aromatic N) is 4. The Bertz CT molecular complexity index is 382. The van der Waals surface area contributed by atoms with Crippen LogP contribution in [0, 0.1) is 0 Å². The molecule has 0 atom stereocenters. The molecule has 2 heterocycles. The number of hydrogen-bond donors (Lipinski definition) is 1. The molecule has 0 aromatic carbocycles. The van der Waals surface area contributed by atoms with Gasteiger partial charge in [-0.1, -0.05) is 6.07 Å². The van der Waals surface area contributed by atoms with E-state index in [-0.39, 0.29) is 0 Å². The van der Waals surface area contributed by atoms with Crippen molar-refractivity contribution in [3.8, 4) is 0 Å². The summed E-state index contributed by atoms with van der Waals surface area (Å²) in [4.78, 5) is 11.7. The van der Waals surface area contributed by atoms with Crippen molar-refractivity contribution in [2.75, 3.05) is 65.7 Å². The lowest BCUT2D eigenvalue weighted by Gasteiger charge is -2.35. The van der Waals surface area contributed by atoms with Crippen molar-refractivity contribution >= 4 is 5.82 Å². The van der Waals surface area contributed by atoms with Gasteiger partial charge >= 0.3 is 0 Å². The van der Waals surface area contributed by atoms with Crippen LogP contribution in [0.5, 0.6) is 0 Å². The molecule has 0 radical (unpaired) electrons.